The van der Waals surface area contributed by atoms with Gasteiger partial charge in [-0.1, -0.05) is 26.0 Å². The molecule has 0 bridgehead atoms. The van der Waals surface area contributed by atoms with Crippen LogP contribution in [0.4, 0.5) is 4.39 Å². The smallest absolute Gasteiger partial charge is 0.123 e. The second kappa shape index (κ2) is 6.13. The van der Waals surface area contributed by atoms with Gasteiger partial charge in [0.2, 0.25) is 0 Å². The first kappa shape index (κ1) is 12.5. The molecule has 0 aromatic heterocycles. The zero-order valence-corrected chi connectivity index (χ0v) is 10.1. The van der Waals surface area contributed by atoms with Gasteiger partial charge in [-0.3, -0.25) is 0 Å². The van der Waals surface area contributed by atoms with Crippen molar-refractivity contribution in [3.8, 4) is 0 Å². The molecule has 2 N–H and O–H groups in total. The van der Waals surface area contributed by atoms with E-state index in [4.69, 9.17) is 5.73 Å². The van der Waals surface area contributed by atoms with Gasteiger partial charge in [0, 0.05) is 11.8 Å². The Kier molecular flexibility index (Phi) is 5.12. The highest BCUT2D eigenvalue weighted by Gasteiger charge is 2.06. The van der Waals surface area contributed by atoms with Crippen LogP contribution in [0.15, 0.2) is 24.3 Å². The molecule has 0 radical (unpaired) electrons. The lowest BCUT2D eigenvalue weighted by molar-refractivity contribution is 0.623. The maximum atomic E-state index is 12.9. The Labute approximate surface area is 95.2 Å². The van der Waals surface area contributed by atoms with Crippen molar-refractivity contribution in [3.05, 3.63) is 35.6 Å². The number of hydrogen-bond donors (Lipinski definition) is 1. The third-order valence-corrected chi connectivity index (χ3v) is 3.32. The molecule has 1 unspecified atom stereocenters. The third kappa shape index (κ3) is 5.19. The Bertz CT molecular complexity index is 301. The van der Waals surface area contributed by atoms with E-state index in [2.05, 4.69) is 13.8 Å². The minimum atomic E-state index is -0.184. The summed E-state index contributed by atoms with van der Waals surface area (Å²) in [5.74, 6) is 0.741. The van der Waals surface area contributed by atoms with Crippen molar-refractivity contribution in [1.29, 1.82) is 0 Å². The predicted molar refractivity (Wildman–Crippen MR) is 65.7 cm³/mol. The molecule has 0 fully saturated rings. The molecule has 3 heteroatoms. The van der Waals surface area contributed by atoms with Crippen LogP contribution in [-0.2, 0) is 6.42 Å². The first-order valence-electron chi connectivity index (χ1n) is 5.19. The summed E-state index contributed by atoms with van der Waals surface area (Å²) in [5, 5.41) is 0.601. The lowest BCUT2D eigenvalue weighted by Crippen LogP contribution is -2.26. The van der Waals surface area contributed by atoms with Crippen molar-refractivity contribution in [2.75, 3.05) is 5.75 Å². The maximum absolute atomic E-state index is 12.9. The van der Waals surface area contributed by atoms with E-state index in [1.807, 2.05) is 17.8 Å². The summed E-state index contributed by atoms with van der Waals surface area (Å²) in [6.45, 7) is 4.30. The standard InChI is InChI=1S/C12H18FNS/c1-9(2)15-8-12(14)7-10-4-3-5-11(13)6-10/h3-6,9,12H,7-8,14H2,1-2H3. The van der Waals surface area contributed by atoms with Gasteiger partial charge in [-0.25, -0.2) is 4.39 Å². The molecule has 0 aliphatic carbocycles. The second-order valence-electron chi connectivity index (χ2n) is 3.98. The van der Waals surface area contributed by atoms with Crippen molar-refractivity contribution in [3.63, 3.8) is 0 Å². The molecule has 0 aliphatic heterocycles. The van der Waals surface area contributed by atoms with Crippen molar-refractivity contribution in [2.24, 2.45) is 5.73 Å². The average molecular weight is 227 g/mol. The zero-order chi connectivity index (χ0) is 11.3. The van der Waals surface area contributed by atoms with Gasteiger partial charge in [0.15, 0.2) is 0 Å². The third-order valence-electron chi connectivity index (χ3n) is 2.03. The summed E-state index contributed by atoms with van der Waals surface area (Å²) in [7, 11) is 0. The number of rotatable bonds is 5. The van der Waals surface area contributed by atoms with Gasteiger partial charge in [0.1, 0.15) is 5.82 Å². The van der Waals surface area contributed by atoms with Gasteiger partial charge in [0.25, 0.3) is 0 Å². The fraction of sp³-hybridized carbons (Fsp3) is 0.500. The number of halogens is 1. The van der Waals surface area contributed by atoms with Crippen LogP contribution in [0.3, 0.4) is 0 Å². The van der Waals surface area contributed by atoms with Crippen LogP contribution in [0.5, 0.6) is 0 Å². The van der Waals surface area contributed by atoms with E-state index in [1.54, 1.807) is 12.1 Å². The van der Waals surface area contributed by atoms with Crippen molar-refractivity contribution >= 4 is 11.8 Å². The lowest BCUT2D eigenvalue weighted by atomic mass is 10.1. The largest absolute Gasteiger partial charge is 0.327 e. The summed E-state index contributed by atoms with van der Waals surface area (Å²) in [6, 6.07) is 6.77. The fourth-order valence-corrected chi connectivity index (χ4v) is 2.09. The minimum Gasteiger partial charge on any atom is -0.327 e. The molecular formula is C12H18FNS. The Morgan fingerprint density at radius 2 is 2.13 bits per heavy atom. The van der Waals surface area contributed by atoms with Crippen LogP contribution in [0.1, 0.15) is 19.4 Å². The van der Waals surface area contributed by atoms with E-state index >= 15 is 0 Å². The van der Waals surface area contributed by atoms with Gasteiger partial charge < -0.3 is 5.73 Å². The van der Waals surface area contributed by atoms with Gasteiger partial charge in [-0.15, -0.1) is 0 Å². The number of nitrogens with two attached hydrogens (primary N) is 1. The summed E-state index contributed by atoms with van der Waals surface area (Å²) in [4.78, 5) is 0. The van der Waals surface area contributed by atoms with Gasteiger partial charge in [-0.05, 0) is 29.4 Å². The molecule has 0 aliphatic rings. The SMILES string of the molecule is CC(C)SCC(N)Cc1cccc(F)c1. The highest BCUT2D eigenvalue weighted by atomic mass is 32.2. The molecule has 0 amide bonds. The van der Waals surface area contributed by atoms with Gasteiger partial charge in [0.05, 0.1) is 0 Å². The van der Waals surface area contributed by atoms with Crippen LogP contribution in [0.2, 0.25) is 0 Å². The lowest BCUT2D eigenvalue weighted by Gasteiger charge is -2.12. The van der Waals surface area contributed by atoms with Gasteiger partial charge >= 0.3 is 0 Å². The Morgan fingerprint density at radius 3 is 2.73 bits per heavy atom. The van der Waals surface area contributed by atoms with E-state index in [0.29, 0.717) is 5.25 Å². The van der Waals surface area contributed by atoms with Gasteiger partial charge in [-0.2, -0.15) is 11.8 Å². The average Bonchev–Trinajstić information content (AvgIpc) is 2.15. The van der Waals surface area contributed by atoms with E-state index in [-0.39, 0.29) is 11.9 Å². The number of thioether (sulfide) groups is 1. The second-order valence-corrected chi connectivity index (χ2v) is 5.59. The molecule has 1 rings (SSSR count). The maximum Gasteiger partial charge on any atom is 0.123 e. The fourth-order valence-electron chi connectivity index (χ4n) is 1.34. The molecule has 1 atom stereocenters. The van der Waals surface area contributed by atoms with E-state index in [9.17, 15) is 4.39 Å². The first-order valence-corrected chi connectivity index (χ1v) is 6.24. The zero-order valence-electron chi connectivity index (χ0n) is 9.24. The number of benzene rings is 1. The van der Waals surface area contributed by atoms with E-state index in [1.165, 1.54) is 6.07 Å². The molecule has 0 heterocycles. The summed E-state index contributed by atoms with van der Waals surface area (Å²) in [5.41, 5.74) is 6.94. The normalized spacial score (nSPS) is 13.1. The van der Waals surface area contributed by atoms with E-state index < -0.39 is 0 Å². The monoisotopic (exact) mass is 227 g/mol. The minimum absolute atomic E-state index is 0.110. The van der Waals surface area contributed by atoms with Crippen LogP contribution in [-0.4, -0.2) is 17.0 Å². The number of hydrogen-bond acceptors (Lipinski definition) is 2. The molecule has 1 aromatic carbocycles. The molecular weight excluding hydrogens is 209 g/mol. The summed E-state index contributed by atoms with van der Waals surface area (Å²) < 4.78 is 12.9. The Balaban J connectivity index is 2.40. The topological polar surface area (TPSA) is 26.0 Å². The molecule has 0 spiro atoms. The molecule has 0 saturated carbocycles. The molecule has 84 valence electrons. The van der Waals surface area contributed by atoms with Crippen molar-refractivity contribution in [1.82, 2.24) is 0 Å². The van der Waals surface area contributed by atoms with Crippen molar-refractivity contribution < 1.29 is 4.39 Å². The molecule has 1 aromatic rings. The summed E-state index contributed by atoms with van der Waals surface area (Å²) in [6.07, 6.45) is 0.747. The highest BCUT2D eigenvalue weighted by molar-refractivity contribution is 7.99. The van der Waals surface area contributed by atoms with Crippen LogP contribution in [0, 0.1) is 5.82 Å². The summed E-state index contributed by atoms with van der Waals surface area (Å²) >= 11 is 1.84. The van der Waals surface area contributed by atoms with Crippen molar-refractivity contribution in [2.45, 2.75) is 31.6 Å². The predicted octanol–water partition coefficient (Wildman–Crippen LogP) is 2.84. The molecule has 1 nitrogen and oxygen atoms in total. The van der Waals surface area contributed by atoms with Crippen LogP contribution < -0.4 is 5.73 Å². The highest BCUT2D eigenvalue weighted by Crippen LogP contribution is 2.13. The molecule has 15 heavy (non-hydrogen) atoms. The quantitative estimate of drug-likeness (QED) is 0.837. The Morgan fingerprint density at radius 1 is 1.40 bits per heavy atom. The first-order chi connectivity index (χ1) is 7.08. The van der Waals surface area contributed by atoms with E-state index in [0.717, 1.165) is 17.7 Å². The molecule has 0 saturated heterocycles. The van der Waals surface area contributed by atoms with Crippen LogP contribution in [0.25, 0.3) is 0 Å². The Hall–Kier alpha value is -0.540. The van der Waals surface area contributed by atoms with Crippen LogP contribution >= 0.6 is 11.8 Å².